The summed E-state index contributed by atoms with van der Waals surface area (Å²) in [7, 11) is 0. The van der Waals surface area contributed by atoms with Gasteiger partial charge in [0.15, 0.2) is 0 Å². The third-order valence-electron chi connectivity index (χ3n) is 3.23. The average molecular weight is 293 g/mol. The maximum absolute atomic E-state index is 12.0. The molecule has 0 saturated heterocycles. The second-order valence-corrected chi connectivity index (χ2v) is 4.80. The van der Waals surface area contributed by atoms with Crippen LogP contribution in [0, 0.1) is 6.92 Å². The molecule has 0 aliphatic heterocycles. The molecular formula is C17H15N3O2. The third kappa shape index (κ3) is 3.03. The van der Waals surface area contributed by atoms with Crippen molar-refractivity contribution >= 4 is 5.91 Å². The maximum atomic E-state index is 12.0. The first-order valence-electron chi connectivity index (χ1n) is 6.94. The van der Waals surface area contributed by atoms with Gasteiger partial charge < -0.3 is 9.73 Å². The molecule has 0 radical (unpaired) electrons. The van der Waals surface area contributed by atoms with Crippen LogP contribution in [-0.4, -0.2) is 15.9 Å². The molecule has 3 rings (SSSR count). The van der Waals surface area contributed by atoms with E-state index in [1.54, 1.807) is 24.5 Å². The highest BCUT2D eigenvalue weighted by Crippen LogP contribution is 2.22. The van der Waals surface area contributed by atoms with Crippen molar-refractivity contribution in [2.45, 2.75) is 13.5 Å². The second-order valence-electron chi connectivity index (χ2n) is 4.80. The highest BCUT2D eigenvalue weighted by Gasteiger charge is 2.12. The van der Waals surface area contributed by atoms with E-state index >= 15 is 0 Å². The molecule has 110 valence electrons. The zero-order chi connectivity index (χ0) is 15.4. The molecule has 0 spiro atoms. The summed E-state index contributed by atoms with van der Waals surface area (Å²) in [5, 5.41) is 2.78. The molecule has 0 aliphatic rings. The van der Waals surface area contributed by atoms with Crippen LogP contribution in [0.5, 0.6) is 0 Å². The van der Waals surface area contributed by atoms with Gasteiger partial charge >= 0.3 is 0 Å². The molecule has 0 aliphatic carbocycles. The van der Waals surface area contributed by atoms with E-state index in [1.165, 1.54) is 0 Å². The number of nitrogens with zero attached hydrogens (tertiary/aromatic N) is 2. The molecular weight excluding hydrogens is 278 g/mol. The van der Waals surface area contributed by atoms with E-state index in [4.69, 9.17) is 4.42 Å². The Balaban J connectivity index is 1.71. The molecule has 3 aromatic rings. The molecule has 2 heterocycles. The van der Waals surface area contributed by atoms with Crippen molar-refractivity contribution in [2.75, 3.05) is 0 Å². The van der Waals surface area contributed by atoms with Crippen LogP contribution in [0.3, 0.4) is 0 Å². The molecule has 0 unspecified atom stereocenters. The van der Waals surface area contributed by atoms with E-state index in [-0.39, 0.29) is 12.5 Å². The van der Waals surface area contributed by atoms with Gasteiger partial charge in [0, 0.05) is 23.5 Å². The Morgan fingerprint density at radius 1 is 1.14 bits per heavy atom. The van der Waals surface area contributed by atoms with Gasteiger partial charge in [0.1, 0.15) is 11.5 Å². The van der Waals surface area contributed by atoms with E-state index in [1.807, 2.05) is 37.3 Å². The Bertz CT molecular complexity index is 767. The highest BCUT2D eigenvalue weighted by atomic mass is 16.4. The number of benzene rings is 1. The van der Waals surface area contributed by atoms with Gasteiger partial charge in [-0.3, -0.25) is 9.78 Å². The predicted octanol–water partition coefficient (Wildman–Crippen LogP) is 2.98. The highest BCUT2D eigenvalue weighted by molar-refractivity contribution is 5.93. The summed E-state index contributed by atoms with van der Waals surface area (Å²) < 4.78 is 5.62. The van der Waals surface area contributed by atoms with Crippen LogP contribution in [0.4, 0.5) is 0 Å². The summed E-state index contributed by atoms with van der Waals surface area (Å²) in [4.78, 5) is 20.3. The number of oxazole rings is 1. The smallest absolute Gasteiger partial charge is 0.251 e. The van der Waals surface area contributed by atoms with E-state index in [2.05, 4.69) is 15.3 Å². The Morgan fingerprint density at radius 2 is 1.86 bits per heavy atom. The van der Waals surface area contributed by atoms with Crippen molar-refractivity contribution in [3.8, 4) is 11.3 Å². The summed E-state index contributed by atoms with van der Waals surface area (Å²) in [6.07, 6.45) is 3.16. The van der Waals surface area contributed by atoms with Crippen LogP contribution in [0.2, 0.25) is 0 Å². The largest absolute Gasteiger partial charge is 0.443 e. The zero-order valence-electron chi connectivity index (χ0n) is 12.1. The van der Waals surface area contributed by atoms with Gasteiger partial charge in [-0.2, -0.15) is 0 Å². The lowest BCUT2D eigenvalue weighted by Crippen LogP contribution is -2.22. The number of aromatic nitrogens is 2. The molecule has 0 atom stereocenters. The van der Waals surface area contributed by atoms with Gasteiger partial charge in [0.05, 0.1) is 6.54 Å². The van der Waals surface area contributed by atoms with Crippen LogP contribution in [0.15, 0.2) is 59.3 Å². The molecule has 1 aromatic carbocycles. The topological polar surface area (TPSA) is 68.0 Å². The monoisotopic (exact) mass is 293 g/mol. The van der Waals surface area contributed by atoms with E-state index in [9.17, 15) is 4.79 Å². The summed E-state index contributed by atoms with van der Waals surface area (Å²) in [5.41, 5.74) is 2.35. The molecule has 0 fully saturated rings. The van der Waals surface area contributed by atoms with Crippen molar-refractivity contribution in [2.24, 2.45) is 0 Å². The van der Waals surface area contributed by atoms with Crippen molar-refractivity contribution < 1.29 is 9.21 Å². The summed E-state index contributed by atoms with van der Waals surface area (Å²) in [5.74, 6) is 1.04. The van der Waals surface area contributed by atoms with E-state index in [0.717, 1.165) is 17.0 Å². The fourth-order valence-electron chi connectivity index (χ4n) is 2.15. The molecule has 0 saturated carbocycles. The van der Waals surface area contributed by atoms with Crippen LogP contribution < -0.4 is 5.32 Å². The molecule has 0 bridgehead atoms. The first kappa shape index (κ1) is 14.0. The Labute approximate surface area is 128 Å². The minimum Gasteiger partial charge on any atom is -0.443 e. The summed E-state index contributed by atoms with van der Waals surface area (Å²) in [6.45, 7) is 2.11. The Morgan fingerprint density at radius 3 is 2.59 bits per heavy atom. The van der Waals surface area contributed by atoms with Crippen LogP contribution >= 0.6 is 0 Å². The molecule has 22 heavy (non-hydrogen) atoms. The van der Waals surface area contributed by atoms with Gasteiger partial charge in [-0.05, 0) is 19.1 Å². The first-order valence-corrected chi connectivity index (χ1v) is 6.94. The predicted molar refractivity (Wildman–Crippen MR) is 82.1 cm³/mol. The Kier molecular flexibility index (Phi) is 3.96. The molecule has 5 nitrogen and oxygen atoms in total. The summed E-state index contributed by atoms with van der Waals surface area (Å²) in [6, 6.07) is 13.1. The zero-order valence-corrected chi connectivity index (χ0v) is 12.1. The number of nitrogens with one attached hydrogen (secondary N) is 1. The number of carbonyl (C=O) groups is 1. The van der Waals surface area contributed by atoms with Crippen molar-refractivity contribution in [3.63, 3.8) is 0 Å². The van der Waals surface area contributed by atoms with E-state index < -0.39 is 0 Å². The maximum Gasteiger partial charge on any atom is 0.251 e. The lowest BCUT2D eigenvalue weighted by atomic mass is 10.1. The lowest BCUT2D eigenvalue weighted by molar-refractivity contribution is 0.0947. The van der Waals surface area contributed by atoms with Gasteiger partial charge in [0.25, 0.3) is 5.91 Å². The van der Waals surface area contributed by atoms with Gasteiger partial charge in [-0.25, -0.2) is 4.98 Å². The molecule has 2 aromatic heterocycles. The van der Waals surface area contributed by atoms with Gasteiger partial charge in [-0.15, -0.1) is 0 Å². The SMILES string of the molecule is Cc1oc(CNC(=O)c2ccncc2)nc1-c1ccccc1. The number of pyridine rings is 1. The van der Waals surface area contributed by atoms with Crippen LogP contribution in [0.25, 0.3) is 11.3 Å². The number of amides is 1. The fourth-order valence-corrected chi connectivity index (χ4v) is 2.15. The number of aryl methyl sites for hydroxylation is 1. The van der Waals surface area contributed by atoms with Gasteiger partial charge in [-0.1, -0.05) is 30.3 Å². The standard InChI is InChI=1S/C17H15N3O2/c1-12-16(13-5-3-2-4-6-13)20-15(22-12)11-19-17(21)14-7-9-18-10-8-14/h2-10H,11H2,1H3,(H,19,21). The number of carbonyl (C=O) groups excluding carboxylic acids is 1. The minimum atomic E-state index is -0.181. The second kappa shape index (κ2) is 6.22. The van der Waals surface area contributed by atoms with E-state index in [0.29, 0.717) is 11.5 Å². The fraction of sp³-hybridized carbons (Fsp3) is 0.118. The number of rotatable bonds is 4. The van der Waals surface area contributed by atoms with Crippen molar-refractivity contribution in [1.29, 1.82) is 0 Å². The minimum absolute atomic E-state index is 0.181. The molecule has 5 heteroatoms. The number of hydrogen-bond acceptors (Lipinski definition) is 4. The average Bonchev–Trinajstić information content (AvgIpc) is 2.95. The third-order valence-corrected chi connectivity index (χ3v) is 3.23. The lowest BCUT2D eigenvalue weighted by Gasteiger charge is -2.01. The van der Waals surface area contributed by atoms with Crippen molar-refractivity contribution in [3.05, 3.63) is 72.1 Å². The van der Waals surface area contributed by atoms with Crippen molar-refractivity contribution in [1.82, 2.24) is 15.3 Å². The van der Waals surface area contributed by atoms with Gasteiger partial charge in [0.2, 0.25) is 5.89 Å². The summed E-state index contributed by atoms with van der Waals surface area (Å²) >= 11 is 0. The first-order chi connectivity index (χ1) is 10.7. The molecule has 1 N–H and O–H groups in total. The quantitative estimate of drug-likeness (QED) is 0.803. The molecule has 1 amide bonds. The normalized spacial score (nSPS) is 10.4. The Hall–Kier alpha value is -2.95. The van der Waals surface area contributed by atoms with Crippen LogP contribution in [-0.2, 0) is 6.54 Å². The van der Waals surface area contributed by atoms with Crippen LogP contribution in [0.1, 0.15) is 22.0 Å². The number of hydrogen-bond donors (Lipinski definition) is 1.